The third kappa shape index (κ3) is 3.23. The molecule has 22 heavy (non-hydrogen) atoms. The van der Waals surface area contributed by atoms with Gasteiger partial charge in [-0.1, -0.05) is 23.4 Å². The number of aliphatic hydroxyl groups excluding tert-OH is 1. The molecular weight excluding hydrogens is 287 g/mol. The Labute approximate surface area is 125 Å². The molecule has 0 saturated heterocycles. The molecule has 0 radical (unpaired) electrons. The first kappa shape index (κ1) is 14.1. The van der Waals surface area contributed by atoms with Gasteiger partial charge in [-0.25, -0.2) is 4.39 Å². The van der Waals surface area contributed by atoms with Gasteiger partial charge in [-0.2, -0.15) is 10.3 Å². The van der Waals surface area contributed by atoms with Crippen molar-refractivity contribution in [3.63, 3.8) is 0 Å². The molecule has 0 aliphatic rings. The molecule has 0 aliphatic heterocycles. The van der Waals surface area contributed by atoms with Crippen molar-refractivity contribution in [2.75, 3.05) is 0 Å². The Bertz CT molecular complexity index is 767. The van der Waals surface area contributed by atoms with E-state index in [1.807, 2.05) is 0 Å². The standard InChI is InChI=1S/C14H13FN6O/c15-12-4-2-1-3-10(12)9-21-8-7-11(18-21)5-6-13(22)14-16-19-20-17-14/h1-8,13,22H,9H2,(H,16,17,19,20). The molecule has 1 unspecified atom stereocenters. The number of nitrogens with one attached hydrogen (secondary N) is 1. The smallest absolute Gasteiger partial charge is 0.206 e. The maximum absolute atomic E-state index is 13.6. The van der Waals surface area contributed by atoms with Crippen LogP contribution in [0, 0.1) is 5.82 Å². The second-order valence-corrected chi connectivity index (χ2v) is 4.60. The summed E-state index contributed by atoms with van der Waals surface area (Å²) in [5.41, 5.74) is 1.20. The molecule has 0 spiro atoms. The Hall–Kier alpha value is -2.87. The lowest BCUT2D eigenvalue weighted by Crippen LogP contribution is -2.02. The van der Waals surface area contributed by atoms with E-state index in [0.29, 0.717) is 17.8 Å². The number of hydrogen-bond acceptors (Lipinski definition) is 5. The van der Waals surface area contributed by atoms with Gasteiger partial charge in [0.2, 0.25) is 5.82 Å². The molecule has 1 aromatic carbocycles. The molecule has 0 saturated carbocycles. The molecular formula is C14H13FN6O. The first-order chi connectivity index (χ1) is 10.7. The molecule has 2 aromatic heterocycles. The first-order valence-electron chi connectivity index (χ1n) is 6.59. The minimum Gasteiger partial charge on any atom is -0.381 e. The van der Waals surface area contributed by atoms with Crippen molar-refractivity contribution >= 4 is 6.08 Å². The van der Waals surface area contributed by atoms with Crippen molar-refractivity contribution in [3.8, 4) is 0 Å². The van der Waals surface area contributed by atoms with Crippen LogP contribution in [0.15, 0.2) is 42.6 Å². The van der Waals surface area contributed by atoms with Gasteiger partial charge in [-0.3, -0.25) is 4.68 Å². The Balaban J connectivity index is 1.68. The molecule has 8 heteroatoms. The zero-order valence-corrected chi connectivity index (χ0v) is 11.5. The molecule has 2 heterocycles. The lowest BCUT2D eigenvalue weighted by atomic mass is 10.2. The summed E-state index contributed by atoms with van der Waals surface area (Å²) in [5, 5.41) is 27.1. The van der Waals surface area contributed by atoms with Crippen LogP contribution < -0.4 is 0 Å². The lowest BCUT2D eigenvalue weighted by Gasteiger charge is -2.02. The highest BCUT2D eigenvalue weighted by Crippen LogP contribution is 2.11. The summed E-state index contributed by atoms with van der Waals surface area (Å²) < 4.78 is 15.2. The molecule has 7 nitrogen and oxygen atoms in total. The highest BCUT2D eigenvalue weighted by Gasteiger charge is 2.08. The minimum atomic E-state index is -0.963. The fourth-order valence-electron chi connectivity index (χ4n) is 1.93. The second-order valence-electron chi connectivity index (χ2n) is 4.60. The molecule has 2 N–H and O–H groups in total. The number of aromatic amines is 1. The number of aliphatic hydroxyl groups is 1. The van der Waals surface area contributed by atoms with Crippen molar-refractivity contribution in [2.45, 2.75) is 12.6 Å². The molecule has 0 aliphatic carbocycles. The number of hydrogen-bond donors (Lipinski definition) is 2. The zero-order valence-electron chi connectivity index (χ0n) is 11.5. The van der Waals surface area contributed by atoms with Crippen LogP contribution in [0.1, 0.15) is 23.2 Å². The summed E-state index contributed by atoms with van der Waals surface area (Å²) in [7, 11) is 0. The van der Waals surface area contributed by atoms with Crippen LogP contribution in [-0.2, 0) is 6.54 Å². The van der Waals surface area contributed by atoms with Gasteiger partial charge in [0, 0.05) is 11.8 Å². The van der Waals surface area contributed by atoms with Gasteiger partial charge in [-0.05, 0) is 24.3 Å². The summed E-state index contributed by atoms with van der Waals surface area (Å²) in [4.78, 5) is 0. The van der Waals surface area contributed by atoms with E-state index in [4.69, 9.17) is 0 Å². The molecule has 0 amide bonds. The van der Waals surface area contributed by atoms with Crippen LogP contribution in [0.2, 0.25) is 0 Å². The predicted octanol–water partition coefficient (Wildman–Crippen LogP) is 1.33. The Kier molecular flexibility index (Phi) is 4.01. The van der Waals surface area contributed by atoms with Crippen molar-refractivity contribution in [2.24, 2.45) is 0 Å². The predicted molar refractivity (Wildman–Crippen MR) is 75.9 cm³/mol. The number of benzene rings is 1. The molecule has 112 valence electrons. The quantitative estimate of drug-likeness (QED) is 0.741. The van der Waals surface area contributed by atoms with E-state index >= 15 is 0 Å². The topological polar surface area (TPSA) is 92.5 Å². The van der Waals surface area contributed by atoms with Crippen LogP contribution in [0.3, 0.4) is 0 Å². The number of H-pyrrole nitrogens is 1. The normalized spacial score (nSPS) is 12.8. The second kappa shape index (κ2) is 6.27. The fourth-order valence-corrected chi connectivity index (χ4v) is 1.93. The highest BCUT2D eigenvalue weighted by atomic mass is 19.1. The van der Waals surface area contributed by atoms with Crippen LogP contribution in [0.25, 0.3) is 6.08 Å². The maximum Gasteiger partial charge on any atom is 0.206 e. The van der Waals surface area contributed by atoms with E-state index in [9.17, 15) is 9.50 Å². The van der Waals surface area contributed by atoms with Crippen LogP contribution >= 0.6 is 0 Å². The molecule has 1 atom stereocenters. The average Bonchev–Trinajstić information content (AvgIpc) is 3.19. The summed E-state index contributed by atoms with van der Waals surface area (Å²) >= 11 is 0. The maximum atomic E-state index is 13.6. The minimum absolute atomic E-state index is 0.182. The fraction of sp³-hybridized carbons (Fsp3) is 0.143. The van der Waals surface area contributed by atoms with Crippen LogP contribution in [0.5, 0.6) is 0 Å². The van der Waals surface area contributed by atoms with Gasteiger partial charge in [-0.15, -0.1) is 10.2 Å². The van der Waals surface area contributed by atoms with E-state index in [1.54, 1.807) is 41.2 Å². The van der Waals surface area contributed by atoms with E-state index in [0.717, 1.165) is 0 Å². The van der Waals surface area contributed by atoms with Gasteiger partial charge < -0.3 is 5.11 Å². The van der Waals surface area contributed by atoms with Crippen molar-refractivity contribution < 1.29 is 9.50 Å². The van der Waals surface area contributed by atoms with Crippen LogP contribution in [-0.4, -0.2) is 35.5 Å². The summed E-state index contributed by atoms with van der Waals surface area (Å²) in [6.45, 7) is 0.341. The van der Waals surface area contributed by atoms with Gasteiger partial charge in [0.05, 0.1) is 12.2 Å². The number of rotatable bonds is 5. The molecule has 3 aromatic rings. The number of aromatic nitrogens is 6. The monoisotopic (exact) mass is 300 g/mol. The number of tetrazole rings is 1. The largest absolute Gasteiger partial charge is 0.381 e. The van der Waals surface area contributed by atoms with E-state index in [2.05, 4.69) is 25.7 Å². The lowest BCUT2D eigenvalue weighted by molar-refractivity contribution is 0.219. The SMILES string of the molecule is OC(C=Cc1ccn(Cc2ccccc2F)n1)c1nn[nH]n1. The third-order valence-corrected chi connectivity index (χ3v) is 3.03. The number of halogens is 1. The Morgan fingerprint density at radius 3 is 2.95 bits per heavy atom. The Morgan fingerprint density at radius 1 is 1.32 bits per heavy atom. The highest BCUT2D eigenvalue weighted by molar-refractivity contribution is 5.44. The van der Waals surface area contributed by atoms with Gasteiger partial charge in [0.15, 0.2) is 0 Å². The molecule has 0 fully saturated rings. The van der Waals surface area contributed by atoms with Crippen molar-refractivity contribution in [1.29, 1.82) is 0 Å². The van der Waals surface area contributed by atoms with E-state index in [1.165, 1.54) is 12.1 Å². The van der Waals surface area contributed by atoms with Crippen molar-refractivity contribution in [3.05, 3.63) is 65.5 Å². The van der Waals surface area contributed by atoms with Gasteiger partial charge >= 0.3 is 0 Å². The van der Waals surface area contributed by atoms with E-state index in [-0.39, 0.29) is 11.6 Å². The zero-order chi connectivity index (χ0) is 15.4. The van der Waals surface area contributed by atoms with Gasteiger partial charge in [0.1, 0.15) is 11.9 Å². The molecule has 3 rings (SSSR count). The average molecular weight is 300 g/mol. The summed E-state index contributed by atoms with van der Waals surface area (Å²) in [5.74, 6) is -0.0790. The summed E-state index contributed by atoms with van der Waals surface area (Å²) in [6, 6.07) is 8.33. The third-order valence-electron chi connectivity index (χ3n) is 3.03. The Morgan fingerprint density at radius 2 is 2.18 bits per heavy atom. The van der Waals surface area contributed by atoms with Gasteiger partial charge in [0.25, 0.3) is 0 Å². The summed E-state index contributed by atoms with van der Waals surface area (Å²) in [6.07, 6.45) is 3.92. The number of nitrogens with zero attached hydrogens (tertiary/aromatic N) is 5. The first-order valence-corrected chi connectivity index (χ1v) is 6.59. The van der Waals surface area contributed by atoms with E-state index < -0.39 is 6.10 Å². The van der Waals surface area contributed by atoms with Crippen LogP contribution in [0.4, 0.5) is 4.39 Å². The van der Waals surface area contributed by atoms with Crippen molar-refractivity contribution in [1.82, 2.24) is 30.4 Å². The molecule has 0 bridgehead atoms.